The van der Waals surface area contributed by atoms with Gasteiger partial charge in [-0.05, 0) is 31.0 Å². The van der Waals surface area contributed by atoms with Crippen molar-refractivity contribution in [2.24, 2.45) is 11.8 Å². The number of hydrogen-bond donors (Lipinski definition) is 1. The van der Waals surface area contributed by atoms with Crippen LogP contribution in [-0.4, -0.2) is 39.4 Å². The molecule has 1 saturated carbocycles. The summed E-state index contributed by atoms with van der Waals surface area (Å²) in [7, 11) is 0. The third-order valence-corrected chi connectivity index (χ3v) is 5.25. The van der Waals surface area contributed by atoms with E-state index in [2.05, 4.69) is 15.5 Å². The first kappa shape index (κ1) is 17.4. The topological polar surface area (TPSA) is 105 Å². The Morgan fingerprint density at radius 2 is 1.93 bits per heavy atom. The summed E-state index contributed by atoms with van der Waals surface area (Å²) in [5, 5.41) is 10.3. The van der Waals surface area contributed by atoms with Gasteiger partial charge < -0.3 is 9.73 Å². The number of likely N-dealkylation sites (tertiary alicyclic amines) is 1. The van der Waals surface area contributed by atoms with E-state index in [1.54, 1.807) is 24.3 Å². The van der Waals surface area contributed by atoms with E-state index in [4.69, 9.17) is 4.42 Å². The first-order chi connectivity index (χ1) is 13.1. The number of rotatable bonds is 5. The smallest absolute Gasteiger partial charge is 0.247 e. The molecule has 27 heavy (non-hydrogen) atoms. The third kappa shape index (κ3) is 3.47. The maximum absolute atomic E-state index is 12.4. The predicted octanol–water partition coefficient (Wildman–Crippen LogP) is 2.24. The molecule has 2 heterocycles. The quantitative estimate of drug-likeness (QED) is 0.812. The van der Waals surface area contributed by atoms with Crippen molar-refractivity contribution in [1.29, 1.82) is 0 Å². The molecule has 2 fully saturated rings. The molecule has 3 amide bonds. The summed E-state index contributed by atoms with van der Waals surface area (Å²) in [6.07, 6.45) is 4.85. The van der Waals surface area contributed by atoms with Crippen LogP contribution in [0.1, 0.15) is 32.1 Å². The highest BCUT2D eigenvalue weighted by Crippen LogP contribution is 2.38. The first-order valence-corrected chi connectivity index (χ1v) is 9.15. The molecule has 2 aromatic rings. The average Bonchev–Trinajstić information content (AvgIpc) is 3.29. The minimum absolute atomic E-state index is 0.0711. The van der Waals surface area contributed by atoms with Gasteiger partial charge in [0, 0.05) is 24.2 Å². The number of benzene rings is 1. The molecule has 8 nitrogen and oxygen atoms in total. The third-order valence-electron chi connectivity index (χ3n) is 5.25. The number of anilines is 1. The molecule has 0 bridgehead atoms. The van der Waals surface area contributed by atoms with E-state index in [1.165, 1.54) is 11.3 Å². The summed E-state index contributed by atoms with van der Waals surface area (Å²) in [5.41, 5.74) is 1.28. The second-order valence-corrected chi connectivity index (χ2v) is 6.95. The summed E-state index contributed by atoms with van der Waals surface area (Å²) >= 11 is 0. The summed E-state index contributed by atoms with van der Waals surface area (Å²) < 4.78 is 5.15. The number of aromatic nitrogens is 2. The highest BCUT2D eigenvalue weighted by Gasteiger charge is 2.47. The normalized spacial score (nSPS) is 22.0. The average molecular weight is 368 g/mol. The standard InChI is InChI=1S/C19H20N4O4/c24-16(21-13-5-3-4-12(10-13)17-22-20-11-27-17)8-9-23-18(25)14-6-1-2-7-15(14)19(23)26/h3-5,10-11,14-15H,1-2,6-9H2,(H,21,24)/t14-,15+. The Morgan fingerprint density at radius 1 is 1.19 bits per heavy atom. The zero-order chi connectivity index (χ0) is 18.8. The van der Waals surface area contributed by atoms with Crippen molar-refractivity contribution in [3.63, 3.8) is 0 Å². The predicted molar refractivity (Wildman–Crippen MR) is 95.1 cm³/mol. The fraction of sp³-hybridized carbons (Fsp3) is 0.421. The van der Waals surface area contributed by atoms with Crippen LogP contribution < -0.4 is 5.32 Å². The lowest BCUT2D eigenvalue weighted by atomic mass is 9.81. The molecule has 2 atom stereocenters. The van der Waals surface area contributed by atoms with Crippen LogP contribution in [0, 0.1) is 11.8 Å². The van der Waals surface area contributed by atoms with Crippen molar-refractivity contribution in [2.75, 3.05) is 11.9 Å². The molecule has 8 heteroatoms. The molecule has 4 rings (SSSR count). The van der Waals surface area contributed by atoms with Gasteiger partial charge in [-0.3, -0.25) is 19.3 Å². The summed E-state index contributed by atoms with van der Waals surface area (Å²) in [5.74, 6) is -0.484. The molecule has 1 aliphatic carbocycles. The molecule has 2 aliphatic rings. The molecule has 140 valence electrons. The van der Waals surface area contributed by atoms with Gasteiger partial charge in [0.05, 0.1) is 11.8 Å². The molecule has 1 aromatic heterocycles. The van der Waals surface area contributed by atoms with Crippen molar-refractivity contribution < 1.29 is 18.8 Å². The number of imide groups is 1. The van der Waals surface area contributed by atoms with E-state index < -0.39 is 0 Å². The zero-order valence-electron chi connectivity index (χ0n) is 14.8. The Balaban J connectivity index is 1.36. The Labute approximate surface area is 155 Å². The summed E-state index contributed by atoms with van der Waals surface area (Å²) in [6.45, 7) is 0.125. The van der Waals surface area contributed by atoms with Gasteiger partial charge in [-0.25, -0.2) is 0 Å². The van der Waals surface area contributed by atoms with Crippen molar-refractivity contribution in [3.8, 4) is 11.5 Å². The number of carbonyl (C=O) groups excluding carboxylic acids is 3. The Morgan fingerprint density at radius 3 is 2.59 bits per heavy atom. The number of amides is 3. The Hall–Kier alpha value is -3.03. The van der Waals surface area contributed by atoms with Crippen molar-refractivity contribution >= 4 is 23.4 Å². The molecule has 0 radical (unpaired) electrons. The second-order valence-electron chi connectivity index (χ2n) is 6.95. The lowest BCUT2D eigenvalue weighted by Crippen LogP contribution is -2.34. The van der Waals surface area contributed by atoms with Crippen molar-refractivity contribution in [1.82, 2.24) is 15.1 Å². The number of fused-ring (bicyclic) bond motifs is 1. The molecule has 0 unspecified atom stereocenters. The van der Waals surface area contributed by atoms with Crippen LogP contribution in [0.3, 0.4) is 0 Å². The SMILES string of the molecule is O=C(CCN1C(=O)[C@H]2CCCC[C@H]2C1=O)Nc1cccc(-c2nnco2)c1. The number of carbonyl (C=O) groups is 3. The molecule has 0 spiro atoms. The van der Waals surface area contributed by atoms with Gasteiger partial charge in [0.2, 0.25) is 30.0 Å². The first-order valence-electron chi connectivity index (χ1n) is 9.15. The molecule has 1 aliphatic heterocycles. The number of nitrogens with one attached hydrogen (secondary N) is 1. The molecular formula is C19H20N4O4. The van der Waals surface area contributed by atoms with E-state index in [1.807, 2.05) is 0 Å². The second kappa shape index (κ2) is 7.30. The van der Waals surface area contributed by atoms with Gasteiger partial charge in [0.1, 0.15) is 0 Å². The van der Waals surface area contributed by atoms with E-state index in [0.29, 0.717) is 17.1 Å². The minimum Gasteiger partial charge on any atom is -0.423 e. The van der Waals surface area contributed by atoms with Crippen molar-refractivity contribution in [3.05, 3.63) is 30.7 Å². The molecule has 1 N–H and O–H groups in total. The van der Waals surface area contributed by atoms with E-state index >= 15 is 0 Å². The van der Waals surface area contributed by atoms with Crippen LogP contribution in [0.2, 0.25) is 0 Å². The van der Waals surface area contributed by atoms with E-state index in [-0.39, 0.29) is 42.5 Å². The zero-order valence-corrected chi connectivity index (χ0v) is 14.8. The largest absolute Gasteiger partial charge is 0.423 e. The highest BCUT2D eigenvalue weighted by molar-refractivity contribution is 6.05. The maximum Gasteiger partial charge on any atom is 0.247 e. The van der Waals surface area contributed by atoms with Gasteiger partial charge in [-0.1, -0.05) is 18.9 Å². The van der Waals surface area contributed by atoms with Gasteiger partial charge in [0.15, 0.2) is 0 Å². The highest BCUT2D eigenvalue weighted by atomic mass is 16.4. The maximum atomic E-state index is 12.4. The van der Waals surface area contributed by atoms with Crippen LogP contribution in [0.25, 0.3) is 11.5 Å². The molecule has 1 aromatic carbocycles. The fourth-order valence-corrected chi connectivity index (χ4v) is 3.92. The van der Waals surface area contributed by atoms with Crippen LogP contribution in [-0.2, 0) is 14.4 Å². The summed E-state index contributed by atoms with van der Waals surface area (Å²) in [6, 6.07) is 7.05. The minimum atomic E-state index is -0.256. The number of nitrogens with zero attached hydrogens (tertiary/aromatic N) is 3. The molecule has 1 saturated heterocycles. The van der Waals surface area contributed by atoms with Crippen molar-refractivity contribution in [2.45, 2.75) is 32.1 Å². The lowest BCUT2D eigenvalue weighted by Gasteiger charge is -2.19. The van der Waals surface area contributed by atoms with Crippen LogP contribution in [0.5, 0.6) is 0 Å². The van der Waals surface area contributed by atoms with Crippen LogP contribution in [0.4, 0.5) is 5.69 Å². The van der Waals surface area contributed by atoms with E-state index in [9.17, 15) is 14.4 Å². The van der Waals surface area contributed by atoms with Crippen LogP contribution >= 0.6 is 0 Å². The van der Waals surface area contributed by atoms with Gasteiger partial charge in [0.25, 0.3) is 0 Å². The van der Waals surface area contributed by atoms with Gasteiger partial charge in [-0.15, -0.1) is 10.2 Å². The fourth-order valence-electron chi connectivity index (χ4n) is 3.92. The lowest BCUT2D eigenvalue weighted by molar-refractivity contribution is -0.140. The Bertz CT molecular complexity index is 840. The number of hydrogen-bond acceptors (Lipinski definition) is 6. The summed E-state index contributed by atoms with van der Waals surface area (Å²) in [4.78, 5) is 38.5. The monoisotopic (exact) mass is 368 g/mol. The Kier molecular flexibility index (Phi) is 4.70. The van der Waals surface area contributed by atoms with Crippen LogP contribution in [0.15, 0.2) is 35.1 Å². The van der Waals surface area contributed by atoms with Gasteiger partial charge in [-0.2, -0.15) is 0 Å². The van der Waals surface area contributed by atoms with Gasteiger partial charge >= 0.3 is 0 Å². The van der Waals surface area contributed by atoms with E-state index in [0.717, 1.165) is 25.7 Å². The molecular weight excluding hydrogens is 348 g/mol.